The Morgan fingerprint density at radius 1 is 1.11 bits per heavy atom. The van der Waals surface area contributed by atoms with E-state index in [1.54, 1.807) is 0 Å². The highest BCUT2D eigenvalue weighted by Crippen LogP contribution is 2.11. The fourth-order valence-corrected chi connectivity index (χ4v) is 2.17. The molecule has 100 valence electrons. The molecule has 0 aliphatic carbocycles. The summed E-state index contributed by atoms with van der Waals surface area (Å²) in [6, 6.07) is 7.82. The molecule has 0 unspecified atom stereocenters. The van der Waals surface area contributed by atoms with Gasteiger partial charge in [-0.1, -0.05) is 45.0 Å². The summed E-state index contributed by atoms with van der Waals surface area (Å²) in [6.45, 7) is 7.64. The van der Waals surface area contributed by atoms with Gasteiger partial charge in [0.1, 0.15) is 6.04 Å². The second-order valence-electron chi connectivity index (χ2n) is 4.45. The van der Waals surface area contributed by atoms with Crippen LogP contribution in [0.15, 0.2) is 24.3 Å². The Morgan fingerprint density at radius 2 is 1.61 bits per heavy atom. The van der Waals surface area contributed by atoms with E-state index in [1.807, 2.05) is 30.9 Å². The zero-order valence-electron chi connectivity index (χ0n) is 11.5. The van der Waals surface area contributed by atoms with Gasteiger partial charge in [0.05, 0.1) is 0 Å². The van der Waals surface area contributed by atoms with Gasteiger partial charge in [-0.2, -0.15) is 0 Å². The molecule has 0 spiro atoms. The lowest BCUT2D eigenvalue weighted by Crippen LogP contribution is -2.42. The predicted octanol–water partition coefficient (Wildman–Crippen LogP) is 2.59. The predicted molar refractivity (Wildman–Crippen MR) is 73.9 cm³/mol. The monoisotopic (exact) mass is 249 g/mol. The molecule has 1 rings (SSSR count). The van der Waals surface area contributed by atoms with Gasteiger partial charge >= 0.3 is 5.97 Å². The lowest BCUT2D eigenvalue weighted by Gasteiger charge is -2.26. The minimum Gasteiger partial charge on any atom is -0.480 e. The van der Waals surface area contributed by atoms with Gasteiger partial charge in [0, 0.05) is 0 Å². The fourth-order valence-electron chi connectivity index (χ4n) is 2.17. The third-order valence-corrected chi connectivity index (χ3v) is 3.40. The molecule has 3 nitrogen and oxygen atoms in total. The van der Waals surface area contributed by atoms with E-state index < -0.39 is 12.0 Å². The largest absolute Gasteiger partial charge is 0.480 e. The smallest absolute Gasteiger partial charge is 0.321 e. The van der Waals surface area contributed by atoms with E-state index in [1.165, 1.54) is 5.56 Å². The van der Waals surface area contributed by atoms with Crippen LogP contribution >= 0.6 is 0 Å². The molecule has 0 heterocycles. The van der Waals surface area contributed by atoms with Crippen molar-refractivity contribution in [1.82, 2.24) is 4.90 Å². The topological polar surface area (TPSA) is 40.5 Å². The second-order valence-corrected chi connectivity index (χ2v) is 4.45. The van der Waals surface area contributed by atoms with Gasteiger partial charge in [0.15, 0.2) is 0 Å². The molecule has 3 heteroatoms. The number of hydrogen-bond acceptors (Lipinski definition) is 2. The molecule has 18 heavy (non-hydrogen) atoms. The van der Waals surface area contributed by atoms with E-state index in [2.05, 4.69) is 19.1 Å². The van der Waals surface area contributed by atoms with Crippen LogP contribution in [0.5, 0.6) is 0 Å². The lowest BCUT2D eigenvalue weighted by molar-refractivity contribution is -0.143. The molecule has 0 saturated heterocycles. The number of carbonyl (C=O) groups is 1. The Morgan fingerprint density at radius 3 is 2.00 bits per heavy atom. The maximum atomic E-state index is 11.3. The molecule has 0 bridgehead atoms. The first-order valence-corrected chi connectivity index (χ1v) is 6.67. The van der Waals surface area contributed by atoms with Crippen molar-refractivity contribution in [2.24, 2.45) is 0 Å². The Bertz CT molecular complexity index is 369. The van der Waals surface area contributed by atoms with Crippen LogP contribution in [0, 0.1) is 0 Å². The standard InChI is InChI=1S/C15H23NO2/c1-4-12-7-9-13(10-8-12)11-14(15(17)18)16(5-2)6-3/h7-10,14H,4-6,11H2,1-3H3,(H,17,18)/t14-/m0/s1. The number of hydrogen-bond donors (Lipinski definition) is 1. The normalized spacial score (nSPS) is 12.7. The highest BCUT2D eigenvalue weighted by molar-refractivity contribution is 5.74. The molecule has 0 radical (unpaired) electrons. The maximum absolute atomic E-state index is 11.3. The van der Waals surface area contributed by atoms with Crippen molar-refractivity contribution in [2.75, 3.05) is 13.1 Å². The van der Waals surface area contributed by atoms with E-state index in [-0.39, 0.29) is 0 Å². The van der Waals surface area contributed by atoms with Crippen LogP contribution in [-0.2, 0) is 17.6 Å². The fraction of sp³-hybridized carbons (Fsp3) is 0.533. The van der Waals surface area contributed by atoms with Crippen molar-refractivity contribution in [3.05, 3.63) is 35.4 Å². The number of carboxylic acids is 1. The number of benzene rings is 1. The first-order chi connectivity index (χ1) is 8.62. The zero-order valence-corrected chi connectivity index (χ0v) is 11.5. The Kier molecular flexibility index (Phi) is 5.86. The minimum atomic E-state index is -0.738. The van der Waals surface area contributed by atoms with Crippen molar-refractivity contribution in [2.45, 2.75) is 39.7 Å². The molecule has 1 aromatic rings. The number of aryl methyl sites for hydroxylation is 1. The molecule has 0 aliphatic heterocycles. The summed E-state index contributed by atoms with van der Waals surface area (Å²) in [7, 11) is 0. The van der Waals surface area contributed by atoms with Gasteiger partial charge in [-0.15, -0.1) is 0 Å². The molecule has 0 aromatic heterocycles. The average Bonchev–Trinajstić information content (AvgIpc) is 2.39. The van der Waals surface area contributed by atoms with Crippen molar-refractivity contribution in [1.29, 1.82) is 0 Å². The van der Waals surface area contributed by atoms with Crippen LogP contribution in [0.3, 0.4) is 0 Å². The summed E-state index contributed by atoms with van der Waals surface area (Å²) in [5, 5.41) is 9.33. The molecule has 0 fully saturated rings. The quantitative estimate of drug-likeness (QED) is 0.807. The Hall–Kier alpha value is -1.35. The van der Waals surface area contributed by atoms with Crippen molar-refractivity contribution in [3.63, 3.8) is 0 Å². The minimum absolute atomic E-state index is 0.424. The van der Waals surface area contributed by atoms with Gasteiger partial charge in [-0.25, -0.2) is 0 Å². The van der Waals surface area contributed by atoms with Crippen LogP contribution in [0.2, 0.25) is 0 Å². The number of aliphatic carboxylic acids is 1. The second kappa shape index (κ2) is 7.17. The summed E-state index contributed by atoms with van der Waals surface area (Å²) in [5.41, 5.74) is 2.37. The van der Waals surface area contributed by atoms with Gasteiger partial charge in [0.25, 0.3) is 0 Å². The molecule has 1 atom stereocenters. The summed E-state index contributed by atoms with van der Waals surface area (Å²) in [5.74, 6) is -0.738. The molecular weight excluding hydrogens is 226 g/mol. The summed E-state index contributed by atoms with van der Waals surface area (Å²) in [4.78, 5) is 13.3. The summed E-state index contributed by atoms with van der Waals surface area (Å²) < 4.78 is 0. The van der Waals surface area contributed by atoms with Gasteiger partial charge < -0.3 is 5.11 Å². The molecule has 1 N–H and O–H groups in total. The van der Waals surface area contributed by atoms with Crippen LogP contribution in [0.25, 0.3) is 0 Å². The van der Waals surface area contributed by atoms with Crippen LogP contribution < -0.4 is 0 Å². The first-order valence-electron chi connectivity index (χ1n) is 6.67. The molecule has 1 aromatic carbocycles. The molecule has 0 amide bonds. The maximum Gasteiger partial charge on any atom is 0.321 e. The number of carboxylic acid groups (broad SMARTS) is 1. The third-order valence-electron chi connectivity index (χ3n) is 3.40. The van der Waals surface area contributed by atoms with Gasteiger partial charge in [-0.3, -0.25) is 9.69 Å². The number of likely N-dealkylation sites (N-methyl/N-ethyl adjacent to an activating group) is 1. The van der Waals surface area contributed by atoms with Crippen molar-refractivity contribution >= 4 is 5.97 Å². The van der Waals surface area contributed by atoms with Crippen LogP contribution in [-0.4, -0.2) is 35.1 Å². The number of nitrogens with zero attached hydrogens (tertiary/aromatic N) is 1. The lowest BCUT2D eigenvalue weighted by atomic mass is 10.0. The number of rotatable bonds is 7. The van der Waals surface area contributed by atoms with E-state index in [9.17, 15) is 9.90 Å². The summed E-state index contributed by atoms with van der Waals surface area (Å²) in [6.07, 6.45) is 1.58. The third kappa shape index (κ3) is 3.84. The Balaban J connectivity index is 2.79. The van der Waals surface area contributed by atoms with Crippen molar-refractivity contribution < 1.29 is 9.90 Å². The van der Waals surface area contributed by atoms with Gasteiger partial charge in [-0.05, 0) is 37.1 Å². The van der Waals surface area contributed by atoms with Crippen molar-refractivity contribution in [3.8, 4) is 0 Å². The van der Waals surface area contributed by atoms with E-state index in [0.717, 1.165) is 25.1 Å². The molecule has 0 saturated carbocycles. The molecule has 0 aliphatic rings. The van der Waals surface area contributed by atoms with E-state index in [4.69, 9.17) is 0 Å². The van der Waals surface area contributed by atoms with Crippen LogP contribution in [0.1, 0.15) is 31.9 Å². The first kappa shape index (κ1) is 14.7. The van der Waals surface area contributed by atoms with Crippen LogP contribution in [0.4, 0.5) is 0 Å². The van der Waals surface area contributed by atoms with Gasteiger partial charge in [0.2, 0.25) is 0 Å². The SMILES string of the molecule is CCc1ccc(C[C@@H](C(=O)O)N(CC)CC)cc1. The average molecular weight is 249 g/mol. The summed E-state index contributed by atoms with van der Waals surface area (Å²) >= 11 is 0. The highest BCUT2D eigenvalue weighted by Gasteiger charge is 2.23. The zero-order chi connectivity index (χ0) is 13.5. The van der Waals surface area contributed by atoms with E-state index in [0.29, 0.717) is 6.42 Å². The Labute approximate surface area is 109 Å². The molecular formula is C15H23NO2. The highest BCUT2D eigenvalue weighted by atomic mass is 16.4. The van der Waals surface area contributed by atoms with E-state index >= 15 is 0 Å².